The molecule has 1 heterocycles. The third-order valence-corrected chi connectivity index (χ3v) is 3.36. The van der Waals surface area contributed by atoms with Gasteiger partial charge in [0.2, 0.25) is 0 Å². The third kappa shape index (κ3) is 3.73. The fraction of sp³-hybridized carbons (Fsp3) is 0.467. The van der Waals surface area contributed by atoms with Gasteiger partial charge in [0, 0.05) is 32.2 Å². The monoisotopic (exact) mass is 276 g/mol. The molecule has 5 nitrogen and oxygen atoms in total. The van der Waals surface area contributed by atoms with E-state index in [0.717, 1.165) is 25.7 Å². The zero-order valence-electron chi connectivity index (χ0n) is 11.7. The molecular formula is C15H20N2O3. The fourth-order valence-corrected chi connectivity index (χ4v) is 2.32. The lowest BCUT2D eigenvalue weighted by atomic mass is 10.0. The molecule has 20 heavy (non-hydrogen) atoms. The van der Waals surface area contributed by atoms with Crippen molar-refractivity contribution < 1.29 is 14.3 Å². The maximum Gasteiger partial charge on any atom is 0.257 e. The molecule has 0 unspecified atom stereocenters. The minimum absolute atomic E-state index is 0.0204. The van der Waals surface area contributed by atoms with Crippen LogP contribution >= 0.6 is 0 Å². The number of rotatable bonds is 6. The van der Waals surface area contributed by atoms with Crippen molar-refractivity contribution in [3.05, 3.63) is 23.8 Å². The molecule has 1 aliphatic rings. The number of nitrogens with one attached hydrogen (secondary N) is 1. The van der Waals surface area contributed by atoms with Crippen LogP contribution in [0, 0.1) is 0 Å². The smallest absolute Gasteiger partial charge is 0.257 e. The molecule has 1 aromatic rings. The van der Waals surface area contributed by atoms with Gasteiger partial charge in [0.25, 0.3) is 5.91 Å². The summed E-state index contributed by atoms with van der Waals surface area (Å²) in [6, 6.07) is 5.93. The number of fused-ring (bicyclic) bond motifs is 1. The fourth-order valence-electron chi connectivity index (χ4n) is 2.32. The quantitative estimate of drug-likeness (QED) is 0.625. The second-order valence-corrected chi connectivity index (χ2v) is 4.91. The molecule has 0 radical (unpaired) electrons. The van der Waals surface area contributed by atoms with E-state index >= 15 is 0 Å². The first-order chi connectivity index (χ1) is 9.70. The first-order valence-corrected chi connectivity index (χ1v) is 6.88. The summed E-state index contributed by atoms with van der Waals surface area (Å²) in [6.07, 6.45) is 3.29. The summed E-state index contributed by atoms with van der Waals surface area (Å²) < 4.78 is 5.48. The Labute approximate surface area is 118 Å². The summed E-state index contributed by atoms with van der Waals surface area (Å²) in [5.41, 5.74) is 2.50. The van der Waals surface area contributed by atoms with Crippen LogP contribution in [0.4, 0.5) is 5.69 Å². The van der Waals surface area contributed by atoms with Gasteiger partial charge in [-0.25, -0.2) is 0 Å². The van der Waals surface area contributed by atoms with E-state index in [1.165, 1.54) is 11.3 Å². The largest absolute Gasteiger partial charge is 0.484 e. The van der Waals surface area contributed by atoms with Crippen molar-refractivity contribution in [2.24, 2.45) is 0 Å². The predicted molar refractivity (Wildman–Crippen MR) is 77.2 cm³/mol. The Morgan fingerprint density at radius 1 is 1.50 bits per heavy atom. The van der Waals surface area contributed by atoms with E-state index in [1.807, 2.05) is 18.2 Å². The Morgan fingerprint density at radius 3 is 3.15 bits per heavy atom. The number of hydrogen-bond acceptors (Lipinski definition) is 4. The van der Waals surface area contributed by atoms with Gasteiger partial charge in [-0.15, -0.1) is 0 Å². The average molecular weight is 276 g/mol. The lowest BCUT2D eigenvalue weighted by Gasteiger charge is -2.27. The lowest BCUT2D eigenvalue weighted by molar-refractivity contribution is -0.123. The standard InChI is InChI=1S/C15H20N2O3/c1-17-8-2-4-12-10-13(5-6-14(12)17)20-11-15(19)16-7-3-9-18/h5-6,9-10H,2-4,7-8,11H2,1H3,(H,16,19). The SMILES string of the molecule is CN1CCCc2cc(OCC(=O)NCCC=O)ccc21. The Morgan fingerprint density at radius 2 is 2.35 bits per heavy atom. The van der Waals surface area contributed by atoms with Crippen molar-refractivity contribution in [3.8, 4) is 5.75 Å². The number of hydrogen-bond donors (Lipinski definition) is 1. The van der Waals surface area contributed by atoms with Crippen LogP contribution in [0.5, 0.6) is 5.75 Å². The van der Waals surface area contributed by atoms with Gasteiger partial charge in [0.15, 0.2) is 6.61 Å². The van der Waals surface area contributed by atoms with E-state index in [1.54, 1.807) is 0 Å². The summed E-state index contributed by atoms with van der Waals surface area (Å²) in [5, 5.41) is 2.62. The van der Waals surface area contributed by atoms with Crippen molar-refractivity contribution >= 4 is 17.9 Å². The van der Waals surface area contributed by atoms with Crippen molar-refractivity contribution in [2.75, 3.05) is 31.6 Å². The molecule has 0 aromatic heterocycles. The minimum Gasteiger partial charge on any atom is -0.484 e. The van der Waals surface area contributed by atoms with Crippen LogP contribution in [0.2, 0.25) is 0 Å². The Kier molecular flexibility index (Phi) is 4.98. The van der Waals surface area contributed by atoms with E-state index in [9.17, 15) is 9.59 Å². The second kappa shape index (κ2) is 6.93. The molecule has 108 valence electrons. The summed E-state index contributed by atoms with van der Waals surface area (Å²) in [6.45, 7) is 1.42. The van der Waals surface area contributed by atoms with Crippen LogP contribution in [0.25, 0.3) is 0 Å². The molecule has 0 aliphatic carbocycles. The van der Waals surface area contributed by atoms with E-state index in [0.29, 0.717) is 18.7 Å². The van der Waals surface area contributed by atoms with Crippen LogP contribution in [0.1, 0.15) is 18.4 Å². The topological polar surface area (TPSA) is 58.6 Å². The average Bonchev–Trinajstić information content (AvgIpc) is 2.45. The van der Waals surface area contributed by atoms with E-state index in [2.05, 4.69) is 17.3 Å². The van der Waals surface area contributed by atoms with Gasteiger partial charge >= 0.3 is 0 Å². The number of anilines is 1. The zero-order chi connectivity index (χ0) is 14.4. The number of nitrogens with zero attached hydrogens (tertiary/aromatic N) is 1. The van der Waals surface area contributed by atoms with Crippen LogP contribution in [-0.4, -0.2) is 38.9 Å². The van der Waals surface area contributed by atoms with Crippen molar-refractivity contribution in [1.29, 1.82) is 0 Å². The van der Waals surface area contributed by atoms with Gasteiger partial charge in [0.1, 0.15) is 12.0 Å². The molecule has 5 heteroatoms. The number of aldehydes is 1. The highest BCUT2D eigenvalue weighted by molar-refractivity contribution is 5.77. The Hall–Kier alpha value is -2.04. The number of ether oxygens (including phenoxy) is 1. The van der Waals surface area contributed by atoms with Gasteiger partial charge in [-0.2, -0.15) is 0 Å². The van der Waals surface area contributed by atoms with Gasteiger partial charge in [0.05, 0.1) is 0 Å². The van der Waals surface area contributed by atoms with Crippen molar-refractivity contribution in [1.82, 2.24) is 5.32 Å². The van der Waals surface area contributed by atoms with E-state index < -0.39 is 0 Å². The maximum absolute atomic E-state index is 11.5. The molecule has 0 fully saturated rings. The Bertz CT molecular complexity index is 488. The number of carbonyl (C=O) groups is 2. The van der Waals surface area contributed by atoms with Crippen LogP contribution < -0.4 is 15.0 Å². The maximum atomic E-state index is 11.5. The molecule has 0 bridgehead atoms. The normalized spacial score (nSPS) is 13.6. The summed E-state index contributed by atoms with van der Waals surface area (Å²) >= 11 is 0. The molecule has 0 saturated carbocycles. The summed E-state index contributed by atoms with van der Waals surface area (Å²) in [7, 11) is 2.08. The molecule has 1 aromatic carbocycles. The predicted octanol–water partition coefficient (Wildman–Crippen LogP) is 1.15. The molecule has 1 aliphatic heterocycles. The van der Waals surface area contributed by atoms with Crippen LogP contribution in [-0.2, 0) is 16.0 Å². The highest BCUT2D eigenvalue weighted by Crippen LogP contribution is 2.29. The molecular weight excluding hydrogens is 256 g/mol. The number of benzene rings is 1. The highest BCUT2D eigenvalue weighted by atomic mass is 16.5. The van der Waals surface area contributed by atoms with E-state index in [4.69, 9.17) is 4.74 Å². The molecule has 0 spiro atoms. The number of carbonyl (C=O) groups excluding carboxylic acids is 2. The van der Waals surface area contributed by atoms with Gasteiger partial charge in [-0.05, 0) is 36.6 Å². The molecule has 1 N–H and O–H groups in total. The third-order valence-electron chi connectivity index (χ3n) is 3.36. The van der Waals surface area contributed by atoms with Crippen LogP contribution in [0.3, 0.4) is 0 Å². The zero-order valence-corrected chi connectivity index (χ0v) is 11.7. The molecule has 0 atom stereocenters. The summed E-state index contributed by atoms with van der Waals surface area (Å²) in [5.74, 6) is 0.506. The first kappa shape index (κ1) is 14.4. The minimum atomic E-state index is -0.207. The van der Waals surface area contributed by atoms with E-state index in [-0.39, 0.29) is 12.5 Å². The second-order valence-electron chi connectivity index (χ2n) is 4.91. The summed E-state index contributed by atoms with van der Waals surface area (Å²) in [4.78, 5) is 23.8. The lowest BCUT2D eigenvalue weighted by Crippen LogP contribution is -2.30. The number of amides is 1. The van der Waals surface area contributed by atoms with Crippen LogP contribution in [0.15, 0.2) is 18.2 Å². The molecule has 0 saturated heterocycles. The van der Waals surface area contributed by atoms with Gasteiger partial charge < -0.3 is 19.7 Å². The molecule has 2 rings (SSSR count). The van der Waals surface area contributed by atoms with Crippen molar-refractivity contribution in [3.63, 3.8) is 0 Å². The number of aryl methyl sites for hydroxylation is 1. The Balaban J connectivity index is 1.87. The van der Waals surface area contributed by atoms with Gasteiger partial charge in [-0.3, -0.25) is 4.79 Å². The van der Waals surface area contributed by atoms with Gasteiger partial charge in [-0.1, -0.05) is 0 Å². The van der Waals surface area contributed by atoms with Crippen molar-refractivity contribution in [2.45, 2.75) is 19.3 Å². The highest BCUT2D eigenvalue weighted by Gasteiger charge is 2.14. The first-order valence-electron chi connectivity index (χ1n) is 6.88. The molecule has 1 amide bonds.